The maximum absolute atomic E-state index is 12.9. The predicted molar refractivity (Wildman–Crippen MR) is 82.4 cm³/mol. The van der Waals surface area contributed by atoms with Crippen LogP contribution < -0.4 is 5.73 Å². The number of nitrogens with two attached hydrogens (primary N) is 1. The Morgan fingerprint density at radius 3 is 2.70 bits per heavy atom. The Morgan fingerprint density at radius 1 is 1.30 bits per heavy atom. The van der Waals surface area contributed by atoms with Gasteiger partial charge in [-0.2, -0.15) is 4.31 Å². The molecular formula is C14H21ClN2O2S. The zero-order valence-electron chi connectivity index (χ0n) is 11.9. The Kier molecular flexibility index (Phi) is 4.62. The van der Waals surface area contributed by atoms with Crippen LogP contribution in [0.15, 0.2) is 17.0 Å². The SMILES string of the molecule is Cc1cc(Cl)c(N)cc1S(=O)(=O)N1CCCCCC1C. The summed E-state index contributed by atoms with van der Waals surface area (Å²) in [6.45, 7) is 4.30. The average Bonchev–Trinajstić information content (AvgIpc) is 2.58. The lowest BCUT2D eigenvalue weighted by Gasteiger charge is -2.27. The maximum atomic E-state index is 12.9. The number of anilines is 1. The number of halogens is 1. The van der Waals surface area contributed by atoms with E-state index in [1.165, 1.54) is 6.07 Å². The van der Waals surface area contributed by atoms with Crippen LogP contribution in [0.4, 0.5) is 5.69 Å². The highest BCUT2D eigenvalue weighted by molar-refractivity contribution is 7.89. The third-order valence-electron chi connectivity index (χ3n) is 3.87. The summed E-state index contributed by atoms with van der Waals surface area (Å²) in [5.41, 5.74) is 6.71. The van der Waals surface area contributed by atoms with Crippen molar-refractivity contribution in [3.05, 3.63) is 22.7 Å². The summed E-state index contributed by atoms with van der Waals surface area (Å²) in [6.07, 6.45) is 3.97. The van der Waals surface area contributed by atoms with Gasteiger partial charge in [-0.15, -0.1) is 0 Å². The summed E-state index contributed by atoms with van der Waals surface area (Å²) < 4.78 is 27.3. The van der Waals surface area contributed by atoms with E-state index in [1.807, 2.05) is 6.92 Å². The van der Waals surface area contributed by atoms with Crippen molar-refractivity contribution in [1.29, 1.82) is 0 Å². The third-order valence-corrected chi connectivity index (χ3v) is 6.36. The van der Waals surface area contributed by atoms with Crippen LogP contribution >= 0.6 is 11.6 Å². The molecule has 0 radical (unpaired) electrons. The molecule has 2 N–H and O–H groups in total. The van der Waals surface area contributed by atoms with Gasteiger partial charge in [0.15, 0.2) is 0 Å². The molecule has 1 heterocycles. The maximum Gasteiger partial charge on any atom is 0.243 e. The molecule has 1 aliphatic rings. The van der Waals surface area contributed by atoms with Gasteiger partial charge < -0.3 is 5.73 Å². The predicted octanol–water partition coefficient (Wildman–Crippen LogP) is 3.18. The van der Waals surface area contributed by atoms with Gasteiger partial charge >= 0.3 is 0 Å². The molecule has 1 saturated heterocycles. The Bertz CT molecular complexity index is 601. The monoisotopic (exact) mass is 316 g/mol. The molecule has 0 saturated carbocycles. The molecule has 0 spiro atoms. The van der Waals surface area contributed by atoms with Crippen molar-refractivity contribution in [3.63, 3.8) is 0 Å². The van der Waals surface area contributed by atoms with Gasteiger partial charge in [0.05, 0.1) is 15.6 Å². The summed E-state index contributed by atoms with van der Waals surface area (Å²) in [5, 5.41) is 0.394. The zero-order chi connectivity index (χ0) is 14.9. The standard InChI is InChI=1S/C14H21ClN2O2S/c1-10-8-12(15)13(16)9-14(10)20(18,19)17-7-5-3-4-6-11(17)2/h8-9,11H,3-7,16H2,1-2H3. The normalized spacial score (nSPS) is 21.6. The van der Waals surface area contributed by atoms with Crippen LogP contribution in [0.25, 0.3) is 0 Å². The summed E-state index contributed by atoms with van der Waals surface area (Å²) >= 11 is 5.94. The summed E-state index contributed by atoms with van der Waals surface area (Å²) in [7, 11) is -3.51. The Morgan fingerprint density at radius 2 is 2.00 bits per heavy atom. The zero-order valence-corrected chi connectivity index (χ0v) is 13.5. The molecule has 4 nitrogen and oxygen atoms in total. The fourth-order valence-electron chi connectivity index (χ4n) is 2.68. The van der Waals surface area contributed by atoms with E-state index in [-0.39, 0.29) is 10.9 Å². The first-order valence-corrected chi connectivity index (χ1v) is 8.73. The molecule has 0 aromatic heterocycles. The molecular weight excluding hydrogens is 296 g/mol. The smallest absolute Gasteiger partial charge is 0.243 e. The molecule has 1 fully saturated rings. The van der Waals surface area contributed by atoms with Crippen LogP contribution in [0, 0.1) is 6.92 Å². The summed E-state index contributed by atoms with van der Waals surface area (Å²) in [5.74, 6) is 0. The molecule has 1 aromatic rings. The molecule has 0 amide bonds. The van der Waals surface area contributed by atoms with Gasteiger partial charge in [0.1, 0.15) is 0 Å². The second-order valence-corrected chi connectivity index (χ2v) is 7.72. The van der Waals surface area contributed by atoms with Gasteiger partial charge in [-0.1, -0.05) is 24.4 Å². The molecule has 1 aliphatic heterocycles. The molecule has 2 rings (SSSR count). The highest BCUT2D eigenvalue weighted by Crippen LogP contribution is 2.30. The van der Waals surface area contributed by atoms with E-state index < -0.39 is 10.0 Å². The van der Waals surface area contributed by atoms with E-state index in [2.05, 4.69) is 0 Å². The van der Waals surface area contributed by atoms with Gasteiger partial charge in [0.2, 0.25) is 10.0 Å². The highest BCUT2D eigenvalue weighted by Gasteiger charge is 2.31. The topological polar surface area (TPSA) is 63.4 Å². The van der Waals surface area contributed by atoms with Crippen LogP contribution in [-0.2, 0) is 10.0 Å². The van der Waals surface area contributed by atoms with Crippen molar-refractivity contribution in [2.24, 2.45) is 0 Å². The van der Waals surface area contributed by atoms with Crippen LogP contribution in [-0.4, -0.2) is 25.3 Å². The van der Waals surface area contributed by atoms with E-state index in [4.69, 9.17) is 17.3 Å². The largest absolute Gasteiger partial charge is 0.397 e. The minimum absolute atomic E-state index is 0.0267. The van der Waals surface area contributed by atoms with Crippen molar-refractivity contribution in [3.8, 4) is 0 Å². The van der Waals surface area contributed by atoms with Gasteiger partial charge in [-0.3, -0.25) is 0 Å². The molecule has 20 heavy (non-hydrogen) atoms. The van der Waals surface area contributed by atoms with E-state index in [0.717, 1.165) is 25.7 Å². The number of hydrogen-bond donors (Lipinski definition) is 1. The Balaban J connectivity index is 2.46. The Labute approximate surface area is 126 Å². The van der Waals surface area contributed by atoms with Crippen molar-refractivity contribution >= 4 is 27.3 Å². The summed E-state index contributed by atoms with van der Waals surface area (Å²) in [4.78, 5) is 0.271. The minimum atomic E-state index is -3.51. The van der Waals surface area contributed by atoms with Crippen LogP contribution in [0.3, 0.4) is 0 Å². The lowest BCUT2D eigenvalue weighted by Crippen LogP contribution is -2.38. The van der Waals surface area contributed by atoms with Crippen molar-refractivity contribution < 1.29 is 8.42 Å². The second-order valence-electron chi connectivity index (χ2n) is 5.45. The summed E-state index contributed by atoms with van der Waals surface area (Å²) in [6, 6.07) is 3.12. The van der Waals surface area contributed by atoms with E-state index in [1.54, 1.807) is 17.3 Å². The number of rotatable bonds is 2. The van der Waals surface area contributed by atoms with E-state index in [9.17, 15) is 8.42 Å². The van der Waals surface area contributed by atoms with Crippen LogP contribution in [0.1, 0.15) is 38.2 Å². The second kappa shape index (κ2) is 5.92. The number of nitrogen functional groups attached to an aromatic ring is 1. The molecule has 6 heteroatoms. The third kappa shape index (κ3) is 2.95. The van der Waals surface area contributed by atoms with Crippen molar-refractivity contribution in [2.45, 2.75) is 50.5 Å². The lowest BCUT2D eigenvalue weighted by molar-refractivity contribution is 0.342. The quantitative estimate of drug-likeness (QED) is 0.852. The highest BCUT2D eigenvalue weighted by atomic mass is 35.5. The number of nitrogens with zero attached hydrogens (tertiary/aromatic N) is 1. The van der Waals surface area contributed by atoms with Crippen molar-refractivity contribution in [2.75, 3.05) is 12.3 Å². The number of benzene rings is 1. The first-order chi connectivity index (χ1) is 9.34. The number of hydrogen-bond acceptors (Lipinski definition) is 3. The molecule has 1 unspecified atom stereocenters. The fourth-order valence-corrected chi connectivity index (χ4v) is 4.84. The first-order valence-electron chi connectivity index (χ1n) is 6.91. The number of sulfonamides is 1. The van der Waals surface area contributed by atoms with Gasteiger partial charge in [0, 0.05) is 12.6 Å². The number of aryl methyl sites for hydroxylation is 1. The average molecular weight is 317 g/mol. The van der Waals surface area contributed by atoms with Crippen molar-refractivity contribution in [1.82, 2.24) is 4.31 Å². The fraction of sp³-hybridized carbons (Fsp3) is 0.571. The van der Waals surface area contributed by atoms with Gasteiger partial charge in [-0.25, -0.2) is 8.42 Å². The molecule has 1 atom stereocenters. The molecule has 112 valence electrons. The molecule has 0 bridgehead atoms. The van der Waals surface area contributed by atoms with Gasteiger partial charge in [-0.05, 0) is 44.4 Å². The lowest BCUT2D eigenvalue weighted by atomic mass is 10.1. The van der Waals surface area contributed by atoms with E-state index >= 15 is 0 Å². The first kappa shape index (κ1) is 15.6. The minimum Gasteiger partial charge on any atom is -0.397 e. The van der Waals surface area contributed by atoms with E-state index in [0.29, 0.717) is 22.8 Å². The molecule has 0 aliphatic carbocycles. The van der Waals surface area contributed by atoms with Crippen LogP contribution in [0.5, 0.6) is 0 Å². The van der Waals surface area contributed by atoms with Crippen LogP contribution in [0.2, 0.25) is 5.02 Å². The molecule has 1 aromatic carbocycles. The van der Waals surface area contributed by atoms with Gasteiger partial charge in [0.25, 0.3) is 0 Å². The Hall–Kier alpha value is -0.780.